The molecule has 2 aliphatic heterocycles. The van der Waals surface area contributed by atoms with Gasteiger partial charge < -0.3 is 25.2 Å². The number of aliphatic hydroxyl groups is 1. The Balaban J connectivity index is 1.53. The van der Waals surface area contributed by atoms with Crippen LogP contribution in [0.5, 0.6) is 23.0 Å². The number of aliphatic hydroxyl groups excluding tert-OH is 1. The van der Waals surface area contributed by atoms with Gasteiger partial charge in [0.2, 0.25) is 0 Å². The maximum atomic E-state index is 12.8. The molecule has 2 aliphatic rings. The summed E-state index contributed by atoms with van der Waals surface area (Å²) in [5.41, 5.74) is 1.16. The number of aromatic hydroxyl groups is 3. The third-order valence-corrected chi connectivity index (χ3v) is 5.79. The number of piperazine rings is 1. The number of carbonyl (C=O) groups is 1. The molecule has 1 fully saturated rings. The minimum absolute atomic E-state index is 0.0649. The highest BCUT2D eigenvalue weighted by molar-refractivity contribution is 6.03. The van der Waals surface area contributed by atoms with Gasteiger partial charge in [0.1, 0.15) is 34.7 Å². The molecule has 160 valence electrons. The van der Waals surface area contributed by atoms with E-state index in [0.29, 0.717) is 18.7 Å². The Morgan fingerprint density at radius 1 is 1.00 bits per heavy atom. The van der Waals surface area contributed by atoms with Crippen LogP contribution >= 0.6 is 0 Å². The Kier molecular flexibility index (Phi) is 5.80. The Morgan fingerprint density at radius 2 is 1.67 bits per heavy atom. The number of nitrogens with zero attached hydrogens (tertiary/aromatic N) is 2. The number of hydrogen-bond donors (Lipinski definition) is 4. The first-order chi connectivity index (χ1) is 14.5. The third-order valence-electron chi connectivity index (χ3n) is 5.79. The summed E-state index contributed by atoms with van der Waals surface area (Å²) in [5.74, 6) is -0.296. The van der Waals surface area contributed by atoms with E-state index >= 15 is 0 Å². The first-order valence-electron chi connectivity index (χ1n) is 10.1. The van der Waals surface area contributed by atoms with Gasteiger partial charge in [-0.2, -0.15) is 0 Å². The lowest BCUT2D eigenvalue weighted by Gasteiger charge is -2.35. The van der Waals surface area contributed by atoms with Gasteiger partial charge in [-0.15, -0.1) is 0 Å². The summed E-state index contributed by atoms with van der Waals surface area (Å²) in [7, 11) is 0. The molecule has 0 saturated carbocycles. The van der Waals surface area contributed by atoms with E-state index in [1.165, 1.54) is 18.2 Å². The number of fused-ring (bicyclic) bond motifs is 1. The van der Waals surface area contributed by atoms with Crippen molar-refractivity contribution in [3.8, 4) is 23.0 Å². The zero-order valence-electron chi connectivity index (χ0n) is 16.6. The molecule has 0 radical (unpaired) electrons. The zero-order chi connectivity index (χ0) is 21.3. The van der Waals surface area contributed by atoms with Crippen LogP contribution in [0.15, 0.2) is 30.3 Å². The fourth-order valence-corrected chi connectivity index (χ4v) is 4.07. The number of carbonyl (C=O) groups excluding carboxylic acids is 1. The first kappa shape index (κ1) is 20.5. The molecular formula is C22H26N2O6. The highest BCUT2D eigenvalue weighted by Crippen LogP contribution is 2.45. The van der Waals surface area contributed by atoms with Crippen molar-refractivity contribution in [3.05, 3.63) is 47.0 Å². The fourth-order valence-electron chi connectivity index (χ4n) is 4.07. The maximum Gasteiger partial charge on any atom is 0.174 e. The van der Waals surface area contributed by atoms with Gasteiger partial charge in [-0.25, -0.2) is 0 Å². The van der Waals surface area contributed by atoms with E-state index in [4.69, 9.17) is 9.84 Å². The minimum Gasteiger partial charge on any atom is -0.508 e. The molecule has 30 heavy (non-hydrogen) atoms. The molecule has 4 rings (SSSR count). The van der Waals surface area contributed by atoms with Gasteiger partial charge in [-0.1, -0.05) is 12.1 Å². The average Bonchev–Trinajstić information content (AvgIpc) is 2.72. The molecule has 8 nitrogen and oxygen atoms in total. The second kappa shape index (κ2) is 8.51. The van der Waals surface area contributed by atoms with Gasteiger partial charge >= 0.3 is 0 Å². The van der Waals surface area contributed by atoms with Crippen LogP contribution in [0.25, 0.3) is 0 Å². The van der Waals surface area contributed by atoms with E-state index in [-0.39, 0.29) is 47.4 Å². The lowest BCUT2D eigenvalue weighted by atomic mass is 9.93. The van der Waals surface area contributed by atoms with Crippen molar-refractivity contribution in [1.29, 1.82) is 0 Å². The van der Waals surface area contributed by atoms with Crippen molar-refractivity contribution in [2.24, 2.45) is 0 Å². The number of hydrogen-bond acceptors (Lipinski definition) is 8. The van der Waals surface area contributed by atoms with E-state index in [0.717, 1.165) is 31.7 Å². The van der Waals surface area contributed by atoms with Crippen LogP contribution in [0.1, 0.15) is 34.0 Å². The molecule has 0 aromatic heterocycles. The number of Topliss-reactive ketones (excluding diaryl/α,β-unsaturated/α-hetero) is 1. The summed E-state index contributed by atoms with van der Waals surface area (Å²) in [4.78, 5) is 17.1. The highest BCUT2D eigenvalue weighted by atomic mass is 16.5. The highest BCUT2D eigenvalue weighted by Gasteiger charge is 2.33. The quantitative estimate of drug-likeness (QED) is 0.584. The van der Waals surface area contributed by atoms with E-state index < -0.39 is 6.10 Å². The van der Waals surface area contributed by atoms with Crippen molar-refractivity contribution >= 4 is 5.78 Å². The van der Waals surface area contributed by atoms with E-state index in [1.807, 2.05) is 0 Å². The molecule has 8 heteroatoms. The van der Waals surface area contributed by atoms with Crippen LogP contribution in [0.4, 0.5) is 0 Å². The molecule has 0 spiro atoms. The van der Waals surface area contributed by atoms with Crippen molar-refractivity contribution in [2.75, 3.05) is 39.3 Å². The summed E-state index contributed by atoms with van der Waals surface area (Å²) in [6.45, 7) is 4.16. The van der Waals surface area contributed by atoms with E-state index in [2.05, 4.69) is 9.80 Å². The summed E-state index contributed by atoms with van der Waals surface area (Å²) >= 11 is 0. The van der Waals surface area contributed by atoms with Crippen molar-refractivity contribution in [3.63, 3.8) is 0 Å². The van der Waals surface area contributed by atoms with Gasteiger partial charge in [0.25, 0.3) is 0 Å². The molecule has 2 aromatic rings. The van der Waals surface area contributed by atoms with Crippen LogP contribution in [0, 0.1) is 0 Å². The van der Waals surface area contributed by atoms with Crippen LogP contribution < -0.4 is 4.74 Å². The van der Waals surface area contributed by atoms with Crippen LogP contribution in [0.3, 0.4) is 0 Å². The predicted octanol–water partition coefficient (Wildman–Crippen LogP) is 1.62. The minimum atomic E-state index is -0.546. The van der Waals surface area contributed by atoms with Crippen LogP contribution in [-0.2, 0) is 6.54 Å². The molecule has 2 heterocycles. The van der Waals surface area contributed by atoms with Crippen molar-refractivity contribution in [1.82, 2.24) is 9.80 Å². The number of phenolic OH excluding ortho intramolecular Hbond substituents is 3. The molecule has 4 N–H and O–H groups in total. The topological polar surface area (TPSA) is 114 Å². The van der Waals surface area contributed by atoms with E-state index in [1.54, 1.807) is 12.1 Å². The summed E-state index contributed by atoms with van der Waals surface area (Å²) in [5, 5.41) is 39.8. The smallest absolute Gasteiger partial charge is 0.174 e. The molecule has 1 saturated heterocycles. The van der Waals surface area contributed by atoms with Crippen LogP contribution in [-0.4, -0.2) is 75.3 Å². The molecule has 2 aromatic carbocycles. The normalized spacial score (nSPS) is 20.0. The lowest BCUT2D eigenvalue weighted by Crippen LogP contribution is -2.46. The lowest BCUT2D eigenvalue weighted by molar-refractivity contribution is 0.0842. The summed E-state index contributed by atoms with van der Waals surface area (Å²) < 4.78 is 5.91. The average molecular weight is 414 g/mol. The standard InChI is InChI=1S/C22H26N2O6/c25-10-9-23-5-7-24(8-6-23)13-16-17(27)11-20-21(22(16)29)18(28)12-19(30-20)14-1-3-15(26)4-2-14/h1-4,11,19,25-27,29H,5-10,12-13H2. The Morgan fingerprint density at radius 3 is 2.33 bits per heavy atom. The van der Waals surface area contributed by atoms with Gasteiger partial charge in [0.15, 0.2) is 5.78 Å². The van der Waals surface area contributed by atoms with Crippen LogP contribution in [0.2, 0.25) is 0 Å². The van der Waals surface area contributed by atoms with Gasteiger partial charge in [0.05, 0.1) is 18.6 Å². The number of β-amino-alcohol motifs (C(OH)–C–C–N with tert-alkyl or cyclic N) is 1. The molecule has 0 aliphatic carbocycles. The number of benzene rings is 2. The Labute approximate surface area is 174 Å². The first-order valence-corrected chi connectivity index (χ1v) is 10.1. The molecular weight excluding hydrogens is 388 g/mol. The number of phenols is 3. The maximum absolute atomic E-state index is 12.8. The van der Waals surface area contributed by atoms with Crippen molar-refractivity contribution < 1.29 is 30.0 Å². The Bertz CT molecular complexity index is 922. The third kappa shape index (κ3) is 4.07. The van der Waals surface area contributed by atoms with Crippen molar-refractivity contribution in [2.45, 2.75) is 19.1 Å². The second-order valence-corrected chi connectivity index (χ2v) is 7.76. The SMILES string of the molecule is O=C1CC(c2ccc(O)cc2)Oc2cc(O)c(CN3CCN(CCO)CC3)c(O)c21. The number of ketones is 1. The van der Waals surface area contributed by atoms with Gasteiger partial charge in [0, 0.05) is 45.3 Å². The van der Waals surface area contributed by atoms with Gasteiger partial charge in [-0.05, 0) is 17.7 Å². The molecule has 0 bridgehead atoms. The predicted molar refractivity (Wildman–Crippen MR) is 109 cm³/mol. The zero-order valence-corrected chi connectivity index (χ0v) is 16.6. The Hall–Kier alpha value is -2.81. The monoisotopic (exact) mass is 414 g/mol. The van der Waals surface area contributed by atoms with E-state index in [9.17, 15) is 20.1 Å². The molecule has 1 unspecified atom stereocenters. The summed E-state index contributed by atoms with van der Waals surface area (Å²) in [6, 6.07) is 7.82. The van der Waals surface area contributed by atoms with Gasteiger partial charge in [-0.3, -0.25) is 14.6 Å². The fraction of sp³-hybridized carbons (Fsp3) is 0.409. The number of rotatable bonds is 5. The summed E-state index contributed by atoms with van der Waals surface area (Å²) in [6.07, 6.45) is -0.482. The largest absolute Gasteiger partial charge is 0.508 e. The second-order valence-electron chi connectivity index (χ2n) is 7.76. The molecule has 0 amide bonds. The molecule has 1 atom stereocenters. The number of ether oxygens (including phenoxy) is 1.